The first-order valence-corrected chi connectivity index (χ1v) is 5.59. The van der Waals surface area contributed by atoms with Gasteiger partial charge in [-0.15, -0.1) is 0 Å². The maximum atomic E-state index is 11.2. The van der Waals surface area contributed by atoms with E-state index < -0.39 is 0 Å². The molecule has 2 heterocycles. The molecule has 0 aromatic heterocycles. The van der Waals surface area contributed by atoms with Crippen LogP contribution in [-0.4, -0.2) is 47.3 Å². The Bertz CT molecular complexity index is 273. The van der Waals surface area contributed by atoms with Gasteiger partial charge >= 0.3 is 6.03 Å². The number of hydrogen-bond acceptors (Lipinski definition) is 2. The maximum Gasteiger partial charge on any atom is 0.315 e. The number of primary amides is 1. The smallest absolute Gasteiger partial charge is 0.315 e. The van der Waals surface area contributed by atoms with Crippen molar-refractivity contribution >= 4 is 11.9 Å². The number of nitrogens with one attached hydrogen (secondary N) is 1. The molecule has 2 fully saturated rings. The van der Waals surface area contributed by atoms with Gasteiger partial charge < -0.3 is 15.5 Å². The molecule has 0 radical (unpaired) electrons. The molecule has 2 rings (SSSR count). The molecule has 1 atom stereocenters. The number of nitrogens with zero attached hydrogens (tertiary/aromatic N) is 2. The fourth-order valence-electron chi connectivity index (χ4n) is 2.48. The van der Waals surface area contributed by atoms with Crippen LogP contribution in [0.15, 0.2) is 0 Å². The predicted octanol–water partition coefficient (Wildman–Crippen LogP) is 0.603. The zero-order valence-electron chi connectivity index (χ0n) is 8.91. The first-order valence-electron chi connectivity index (χ1n) is 5.59. The molecule has 15 heavy (non-hydrogen) atoms. The second-order valence-electron chi connectivity index (χ2n) is 4.27. The van der Waals surface area contributed by atoms with E-state index in [-0.39, 0.29) is 12.1 Å². The number of rotatable bonds is 1. The van der Waals surface area contributed by atoms with Crippen LogP contribution in [0.2, 0.25) is 0 Å². The molecular weight excluding hydrogens is 192 g/mol. The van der Waals surface area contributed by atoms with Crippen molar-refractivity contribution < 1.29 is 4.79 Å². The van der Waals surface area contributed by atoms with E-state index in [1.807, 2.05) is 0 Å². The lowest BCUT2D eigenvalue weighted by molar-refractivity contribution is 0.210. The number of likely N-dealkylation sites (tertiary alicyclic amines) is 2. The van der Waals surface area contributed by atoms with E-state index >= 15 is 0 Å². The minimum Gasteiger partial charge on any atom is -0.359 e. The molecular formula is C10H18N4O. The van der Waals surface area contributed by atoms with E-state index in [4.69, 9.17) is 11.1 Å². The molecule has 0 bridgehead atoms. The number of nitrogens with two attached hydrogens (primary N) is 1. The van der Waals surface area contributed by atoms with Gasteiger partial charge in [0.25, 0.3) is 0 Å². The van der Waals surface area contributed by atoms with E-state index in [0.717, 1.165) is 38.8 Å². The van der Waals surface area contributed by atoms with Gasteiger partial charge in [-0.1, -0.05) is 0 Å². The Morgan fingerprint density at radius 1 is 1.20 bits per heavy atom. The summed E-state index contributed by atoms with van der Waals surface area (Å²) >= 11 is 0. The molecule has 0 aliphatic carbocycles. The highest BCUT2D eigenvalue weighted by Gasteiger charge is 2.33. The fraction of sp³-hybridized carbons (Fsp3) is 0.800. The lowest BCUT2D eigenvalue weighted by atomic mass is 10.2. The molecule has 0 aromatic carbocycles. The SMILES string of the molecule is N=C(C1CCCN1C(N)=O)N1CCCC1. The first kappa shape index (κ1) is 10.3. The van der Waals surface area contributed by atoms with Crippen molar-refractivity contribution in [3.63, 3.8) is 0 Å². The van der Waals surface area contributed by atoms with Gasteiger partial charge in [-0.3, -0.25) is 5.41 Å². The third kappa shape index (κ3) is 1.91. The summed E-state index contributed by atoms with van der Waals surface area (Å²) in [5.41, 5.74) is 5.30. The van der Waals surface area contributed by atoms with Crippen LogP contribution in [0.3, 0.4) is 0 Å². The first-order chi connectivity index (χ1) is 7.20. The van der Waals surface area contributed by atoms with Crippen molar-refractivity contribution in [3.05, 3.63) is 0 Å². The third-order valence-electron chi connectivity index (χ3n) is 3.30. The van der Waals surface area contributed by atoms with Gasteiger partial charge in [0.1, 0.15) is 5.84 Å². The largest absolute Gasteiger partial charge is 0.359 e. The Labute approximate surface area is 89.7 Å². The van der Waals surface area contributed by atoms with E-state index in [0.29, 0.717) is 12.4 Å². The minimum atomic E-state index is -0.388. The van der Waals surface area contributed by atoms with Gasteiger partial charge in [-0.25, -0.2) is 4.79 Å². The fourth-order valence-corrected chi connectivity index (χ4v) is 2.48. The van der Waals surface area contributed by atoms with Crippen molar-refractivity contribution in [2.24, 2.45) is 5.73 Å². The van der Waals surface area contributed by atoms with Crippen molar-refractivity contribution in [3.8, 4) is 0 Å². The lowest BCUT2D eigenvalue weighted by Crippen LogP contribution is -2.48. The van der Waals surface area contributed by atoms with Crippen molar-refractivity contribution in [2.45, 2.75) is 31.7 Å². The molecule has 2 amide bonds. The number of urea groups is 1. The van der Waals surface area contributed by atoms with Crippen LogP contribution >= 0.6 is 0 Å². The van der Waals surface area contributed by atoms with Gasteiger partial charge in [0.2, 0.25) is 0 Å². The summed E-state index contributed by atoms with van der Waals surface area (Å²) in [6, 6.07) is -0.456. The molecule has 1 unspecified atom stereocenters. The van der Waals surface area contributed by atoms with E-state index in [1.54, 1.807) is 4.90 Å². The summed E-state index contributed by atoms with van der Waals surface area (Å²) in [5.74, 6) is 0.587. The standard InChI is InChI=1S/C10H18N4O/c11-9(13-5-1-2-6-13)8-4-3-7-14(8)10(12)15/h8,11H,1-7H2,(H2,12,15). The monoisotopic (exact) mass is 210 g/mol. The quantitative estimate of drug-likeness (QED) is 0.491. The summed E-state index contributed by atoms with van der Waals surface area (Å²) in [4.78, 5) is 14.9. The molecule has 5 nitrogen and oxygen atoms in total. The molecule has 2 aliphatic heterocycles. The van der Waals surface area contributed by atoms with Crippen molar-refractivity contribution in [1.82, 2.24) is 9.80 Å². The molecule has 0 aromatic rings. The Kier molecular flexibility index (Phi) is 2.79. The second-order valence-corrected chi connectivity index (χ2v) is 4.27. The highest BCUT2D eigenvalue weighted by atomic mass is 16.2. The Morgan fingerprint density at radius 2 is 1.87 bits per heavy atom. The number of carbonyl (C=O) groups is 1. The second kappa shape index (κ2) is 4.08. The Balaban J connectivity index is 2.02. The third-order valence-corrected chi connectivity index (χ3v) is 3.30. The molecule has 2 saturated heterocycles. The van der Waals surface area contributed by atoms with Crippen molar-refractivity contribution in [2.75, 3.05) is 19.6 Å². The normalized spacial score (nSPS) is 26.0. The zero-order valence-corrected chi connectivity index (χ0v) is 8.91. The Hall–Kier alpha value is -1.26. The molecule has 0 spiro atoms. The van der Waals surface area contributed by atoms with E-state index in [9.17, 15) is 4.79 Å². The maximum absolute atomic E-state index is 11.2. The molecule has 3 N–H and O–H groups in total. The highest BCUT2D eigenvalue weighted by molar-refractivity contribution is 5.89. The average Bonchev–Trinajstić information content (AvgIpc) is 2.88. The minimum absolute atomic E-state index is 0.0689. The zero-order chi connectivity index (χ0) is 10.8. The van der Waals surface area contributed by atoms with Crippen LogP contribution in [0.4, 0.5) is 4.79 Å². The van der Waals surface area contributed by atoms with Gasteiger partial charge in [-0.2, -0.15) is 0 Å². The Morgan fingerprint density at radius 3 is 2.47 bits per heavy atom. The molecule has 2 aliphatic rings. The van der Waals surface area contributed by atoms with Crippen LogP contribution < -0.4 is 5.73 Å². The summed E-state index contributed by atoms with van der Waals surface area (Å²) in [6.45, 7) is 2.63. The summed E-state index contributed by atoms with van der Waals surface area (Å²) in [7, 11) is 0. The van der Waals surface area contributed by atoms with Crippen molar-refractivity contribution in [1.29, 1.82) is 5.41 Å². The van der Waals surface area contributed by atoms with Crippen LogP contribution in [0, 0.1) is 5.41 Å². The van der Waals surface area contributed by atoms with Crippen LogP contribution in [0.5, 0.6) is 0 Å². The number of hydrogen-bond donors (Lipinski definition) is 2. The van der Waals surface area contributed by atoms with E-state index in [1.165, 1.54) is 0 Å². The average molecular weight is 210 g/mol. The van der Waals surface area contributed by atoms with Gasteiger partial charge in [-0.05, 0) is 25.7 Å². The molecule has 5 heteroatoms. The summed E-state index contributed by atoms with van der Waals surface area (Å²) in [5, 5.41) is 8.08. The highest BCUT2D eigenvalue weighted by Crippen LogP contribution is 2.21. The van der Waals surface area contributed by atoms with Crippen LogP contribution in [0.1, 0.15) is 25.7 Å². The number of amidine groups is 1. The van der Waals surface area contributed by atoms with Gasteiger partial charge in [0, 0.05) is 19.6 Å². The number of carbonyl (C=O) groups excluding carboxylic acids is 1. The topological polar surface area (TPSA) is 73.4 Å². The molecule has 0 saturated carbocycles. The van der Waals surface area contributed by atoms with Gasteiger partial charge in [0.15, 0.2) is 0 Å². The summed E-state index contributed by atoms with van der Waals surface area (Å²) in [6.07, 6.45) is 4.17. The van der Waals surface area contributed by atoms with E-state index in [2.05, 4.69) is 4.90 Å². The molecule has 84 valence electrons. The van der Waals surface area contributed by atoms with Gasteiger partial charge in [0.05, 0.1) is 6.04 Å². The summed E-state index contributed by atoms with van der Waals surface area (Å²) < 4.78 is 0. The number of amides is 2. The predicted molar refractivity (Wildman–Crippen MR) is 57.8 cm³/mol. The van der Waals surface area contributed by atoms with Crippen LogP contribution in [0.25, 0.3) is 0 Å². The van der Waals surface area contributed by atoms with Crippen LogP contribution in [-0.2, 0) is 0 Å². The lowest BCUT2D eigenvalue weighted by Gasteiger charge is -2.28.